The van der Waals surface area contributed by atoms with Gasteiger partial charge in [0.25, 0.3) is 0 Å². The second-order valence-corrected chi connectivity index (χ2v) is 5.02. The number of aromatic nitrogens is 6. The zero-order chi connectivity index (χ0) is 13.5. The molecule has 6 nitrogen and oxygen atoms in total. The summed E-state index contributed by atoms with van der Waals surface area (Å²) in [4.78, 5) is 4.35. The van der Waals surface area contributed by atoms with E-state index in [1.807, 2.05) is 11.6 Å². The molecule has 2 aromatic heterocycles. The van der Waals surface area contributed by atoms with Gasteiger partial charge in [-0.3, -0.25) is 0 Å². The van der Waals surface area contributed by atoms with Crippen molar-refractivity contribution in [1.82, 2.24) is 30.2 Å². The largest absolute Gasteiger partial charge is 0.213 e. The van der Waals surface area contributed by atoms with E-state index < -0.39 is 0 Å². The number of hydrogen-bond acceptors (Lipinski definition) is 4. The summed E-state index contributed by atoms with van der Waals surface area (Å²) >= 11 is 0. The maximum atomic E-state index is 4.38. The molecule has 0 saturated heterocycles. The Balaban J connectivity index is 1.91. The fraction of sp³-hybridized carbons (Fsp3) is 0.286. The van der Waals surface area contributed by atoms with Gasteiger partial charge >= 0.3 is 0 Å². The van der Waals surface area contributed by atoms with Gasteiger partial charge in [-0.15, -0.1) is 0 Å². The fourth-order valence-electron chi connectivity index (χ4n) is 2.87. The van der Waals surface area contributed by atoms with Crippen molar-refractivity contribution >= 4 is 0 Å². The van der Waals surface area contributed by atoms with E-state index in [0.29, 0.717) is 0 Å². The van der Waals surface area contributed by atoms with Crippen molar-refractivity contribution in [2.45, 2.75) is 26.2 Å². The molecule has 1 N–H and O–H groups in total. The molecule has 4 rings (SSSR count). The van der Waals surface area contributed by atoms with Crippen LogP contribution in [0.25, 0.3) is 17.2 Å². The number of aromatic amines is 1. The Morgan fingerprint density at radius 3 is 3.00 bits per heavy atom. The van der Waals surface area contributed by atoms with Crippen LogP contribution in [0.15, 0.2) is 24.5 Å². The Bertz CT molecular complexity index is 770. The van der Waals surface area contributed by atoms with Gasteiger partial charge in [-0.25, -0.2) is 9.67 Å². The second-order valence-electron chi connectivity index (χ2n) is 5.02. The highest BCUT2D eigenvalue weighted by atomic mass is 15.4. The third-order valence-electron chi connectivity index (χ3n) is 3.83. The predicted octanol–water partition coefficient (Wildman–Crippen LogP) is 1.85. The maximum absolute atomic E-state index is 4.38. The van der Waals surface area contributed by atoms with E-state index in [0.717, 1.165) is 35.7 Å². The Labute approximate surface area is 115 Å². The molecule has 1 aliphatic carbocycles. The lowest BCUT2D eigenvalue weighted by atomic mass is 10.1. The molecule has 0 saturated carbocycles. The molecule has 0 unspecified atom stereocenters. The average molecular weight is 266 g/mol. The molecule has 1 aromatic carbocycles. The Morgan fingerprint density at radius 2 is 2.15 bits per heavy atom. The van der Waals surface area contributed by atoms with Crippen LogP contribution in [0.4, 0.5) is 0 Å². The zero-order valence-corrected chi connectivity index (χ0v) is 11.2. The second kappa shape index (κ2) is 4.26. The van der Waals surface area contributed by atoms with Crippen molar-refractivity contribution in [3.63, 3.8) is 0 Å². The molecule has 0 bridgehead atoms. The fourth-order valence-corrected chi connectivity index (χ4v) is 2.87. The van der Waals surface area contributed by atoms with Gasteiger partial charge in [-0.05, 0) is 43.4 Å². The molecule has 1 aliphatic rings. The van der Waals surface area contributed by atoms with Crippen LogP contribution < -0.4 is 0 Å². The van der Waals surface area contributed by atoms with E-state index in [2.05, 4.69) is 43.7 Å². The molecule has 0 aliphatic heterocycles. The van der Waals surface area contributed by atoms with Crippen LogP contribution in [0.1, 0.15) is 23.2 Å². The maximum Gasteiger partial charge on any atom is 0.185 e. The highest BCUT2D eigenvalue weighted by Crippen LogP contribution is 2.29. The van der Waals surface area contributed by atoms with Crippen LogP contribution in [-0.2, 0) is 12.8 Å². The minimum absolute atomic E-state index is 0.733. The molecular weight excluding hydrogens is 252 g/mol. The monoisotopic (exact) mass is 266 g/mol. The molecular formula is C14H14N6. The van der Waals surface area contributed by atoms with Crippen molar-refractivity contribution in [3.05, 3.63) is 41.3 Å². The van der Waals surface area contributed by atoms with Gasteiger partial charge in [0.05, 0.1) is 11.4 Å². The molecule has 0 amide bonds. The van der Waals surface area contributed by atoms with Crippen molar-refractivity contribution < 1.29 is 0 Å². The summed E-state index contributed by atoms with van der Waals surface area (Å²) in [5.74, 6) is 0.733. The molecule has 2 heterocycles. The summed E-state index contributed by atoms with van der Waals surface area (Å²) < 4.78 is 1.87. The lowest BCUT2D eigenvalue weighted by molar-refractivity contribution is 0.855. The van der Waals surface area contributed by atoms with Crippen molar-refractivity contribution in [1.29, 1.82) is 0 Å². The third-order valence-corrected chi connectivity index (χ3v) is 3.83. The third kappa shape index (κ3) is 1.57. The number of hydrogen-bond donors (Lipinski definition) is 1. The predicted molar refractivity (Wildman–Crippen MR) is 73.5 cm³/mol. The van der Waals surface area contributed by atoms with Crippen molar-refractivity contribution in [3.8, 4) is 17.2 Å². The topological polar surface area (TPSA) is 72.3 Å². The Hall–Kier alpha value is -2.50. The highest BCUT2D eigenvalue weighted by molar-refractivity contribution is 5.57. The van der Waals surface area contributed by atoms with E-state index in [1.54, 1.807) is 6.33 Å². The van der Waals surface area contributed by atoms with Crippen molar-refractivity contribution in [2.24, 2.45) is 0 Å². The van der Waals surface area contributed by atoms with Gasteiger partial charge in [0, 0.05) is 0 Å². The number of nitrogens with zero attached hydrogens (tertiary/aromatic N) is 5. The molecule has 3 aromatic rings. The minimum atomic E-state index is 0.733. The van der Waals surface area contributed by atoms with Crippen LogP contribution in [0, 0.1) is 6.92 Å². The summed E-state index contributed by atoms with van der Waals surface area (Å²) in [6, 6.07) is 6.38. The average Bonchev–Trinajstić information content (AvgIpc) is 3.17. The summed E-state index contributed by atoms with van der Waals surface area (Å²) in [5.41, 5.74) is 5.47. The van der Waals surface area contributed by atoms with Crippen LogP contribution in [-0.4, -0.2) is 30.2 Å². The molecule has 6 heteroatoms. The summed E-state index contributed by atoms with van der Waals surface area (Å²) in [6.07, 6.45) is 5.02. The van der Waals surface area contributed by atoms with Gasteiger partial charge < -0.3 is 0 Å². The first-order chi connectivity index (χ1) is 9.84. The van der Waals surface area contributed by atoms with Crippen LogP contribution in [0.3, 0.4) is 0 Å². The first-order valence-electron chi connectivity index (χ1n) is 6.73. The van der Waals surface area contributed by atoms with Gasteiger partial charge in [0.15, 0.2) is 11.5 Å². The summed E-state index contributed by atoms with van der Waals surface area (Å²) in [7, 11) is 0. The first kappa shape index (κ1) is 11.3. The normalized spacial score (nSPS) is 13.7. The highest BCUT2D eigenvalue weighted by Gasteiger charge is 2.20. The van der Waals surface area contributed by atoms with Gasteiger partial charge in [0.1, 0.15) is 6.33 Å². The van der Waals surface area contributed by atoms with E-state index >= 15 is 0 Å². The number of aryl methyl sites for hydroxylation is 2. The van der Waals surface area contributed by atoms with Crippen LogP contribution in [0.2, 0.25) is 0 Å². The smallest absolute Gasteiger partial charge is 0.185 e. The number of H-pyrrole nitrogens is 1. The number of nitrogens with one attached hydrogen (secondary N) is 1. The van der Waals surface area contributed by atoms with E-state index in [-0.39, 0.29) is 0 Å². The first-order valence-corrected chi connectivity index (χ1v) is 6.73. The number of fused-ring (bicyclic) bond motifs is 1. The van der Waals surface area contributed by atoms with Crippen molar-refractivity contribution in [2.75, 3.05) is 0 Å². The van der Waals surface area contributed by atoms with E-state index in [1.165, 1.54) is 17.5 Å². The number of rotatable bonds is 2. The summed E-state index contributed by atoms with van der Waals surface area (Å²) in [6.45, 7) is 1.91. The zero-order valence-electron chi connectivity index (χ0n) is 11.2. The molecule has 20 heavy (non-hydrogen) atoms. The van der Waals surface area contributed by atoms with Gasteiger partial charge in [0.2, 0.25) is 0 Å². The van der Waals surface area contributed by atoms with E-state index in [9.17, 15) is 0 Å². The quantitative estimate of drug-likeness (QED) is 0.768. The molecule has 0 atom stereocenters. The molecule has 0 spiro atoms. The Morgan fingerprint density at radius 1 is 1.20 bits per heavy atom. The van der Waals surface area contributed by atoms with Crippen LogP contribution in [0.5, 0.6) is 0 Å². The standard InChI is InChI=1S/C14H14N6/c1-9-13(18-19-17-9)14-15-8-16-20(14)12-7-3-5-10-4-2-6-11(10)12/h3,5,7-8H,2,4,6H2,1H3,(H,17,18,19). The van der Waals surface area contributed by atoms with Gasteiger partial charge in [-0.1, -0.05) is 12.1 Å². The van der Waals surface area contributed by atoms with Gasteiger partial charge in [-0.2, -0.15) is 20.5 Å². The Kier molecular flexibility index (Phi) is 2.42. The molecule has 100 valence electrons. The molecule has 0 radical (unpaired) electrons. The van der Waals surface area contributed by atoms with Crippen LogP contribution >= 0.6 is 0 Å². The van der Waals surface area contributed by atoms with E-state index in [4.69, 9.17) is 0 Å². The summed E-state index contributed by atoms with van der Waals surface area (Å²) in [5, 5.41) is 15.3. The number of benzene rings is 1. The lowest BCUT2D eigenvalue weighted by Crippen LogP contribution is -2.04. The SMILES string of the molecule is Cc1n[nH]nc1-c1ncnn1-c1cccc2c1CCC2. The molecule has 0 fully saturated rings. The lowest BCUT2D eigenvalue weighted by Gasteiger charge is -2.10. The minimum Gasteiger partial charge on any atom is -0.213 e.